The maximum absolute atomic E-state index is 14.3. The number of carbonyl (C=O) groups excluding carboxylic acids is 1. The van der Waals surface area contributed by atoms with Crippen molar-refractivity contribution < 1.29 is 28.1 Å². The molecule has 6 rings (SSSR count). The van der Waals surface area contributed by atoms with Crippen molar-refractivity contribution in [3.63, 3.8) is 0 Å². The van der Waals surface area contributed by atoms with Crippen molar-refractivity contribution in [1.82, 2.24) is 5.32 Å². The van der Waals surface area contributed by atoms with Crippen LogP contribution in [-0.2, 0) is 31.0 Å². The topological polar surface area (TPSA) is 66.0 Å². The predicted octanol–water partition coefficient (Wildman–Crippen LogP) is 7.01. The van der Waals surface area contributed by atoms with E-state index in [2.05, 4.69) is 36.5 Å². The van der Waals surface area contributed by atoms with Crippen LogP contribution in [-0.4, -0.2) is 36.7 Å². The Morgan fingerprint density at radius 2 is 1.50 bits per heavy atom. The predicted molar refractivity (Wildman–Crippen MR) is 166 cm³/mol. The molecule has 1 unspecified atom stereocenters. The van der Waals surface area contributed by atoms with Crippen molar-refractivity contribution in [3.8, 4) is 16.9 Å². The highest BCUT2D eigenvalue weighted by molar-refractivity contribution is 5.73. The van der Waals surface area contributed by atoms with Gasteiger partial charge < -0.3 is 24.3 Å². The molecule has 2 aliphatic heterocycles. The van der Waals surface area contributed by atoms with Crippen LogP contribution in [0.1, 0.15) is 44.4 Å². The number of nitrogens with one attached hydrogen (secondary N) is 1. The standard InChI is InChI=1S/C37H38FNO5/c1-24-33-34(43-36(3,4)42-33)35(44-37(24,28-13-7-5-8-14-28)29-15-9-6-10-16-29)41-31-19-18-26(20-21-39-25(2)40)32(23-31)27-12-11-17-30(38)22-27/h5-19,22-24,33-35H,20-21H2,1-4H3,(H,39,40)/t24-,33-,34-,35?/m1/s1. The number of hydrogen-bond acceptors (Lipinski definition) is 5. The first-order valence-corrected chi connectivity index (χ1v) is 15.1. The first kappa shape index (κ1) is 30.0. The monoisotopic (exact) mass is 595 g/mol. The number of benzene rings is 4. The molecule has 0 bridgehead atoms. The lowest BCUT2D eigenvalue weighted by atomic mass is 9.71. The van der Waals surface area contributed by atoms with Crippen molar-refractivity contribution in [2.24, 2.45) is 5.92 Å². The molecule has 44 heavy (non-hydrogen) atoms. The first-order chi connectivity index (χ1) is 21.2. The summed E-state index contributed by atoms with van der Waals surface area (Å²) < 4.78 is 41.2. The number of amides is 1. The zero-order chi connectivity index (χ0) is 30.9. The van der Waals surface area contributed by atoms with Crippen molar-refractivity contribution in [2.75, 3.05) is 6.54 Å². The van der Waals surface area contributed by atoms with Gasteiger partial charge in [-0.1, -0.05) is 85.8 Å². The quantitative estimate of drug-likeness (QED) is 0.238. The molecule has 0 radical (unpaired) electrons. The highest BCUT2D eigenvalue weighted by Gasteiger charge is 2.61. The highest BCUT2D eigenvalue weighted by atomic mass is 19.1. The van der Waals surface area contributed by atoms with E-state index < -0.39 is 23.8 Å². The third kappa shape index (κ3) is 5.87. The number of halogens is 1. The molecular formula is C37H38FNO5. The summed E-state index contributed by atoms with van der Waals surface area (Å²) in [6, 6.07) is 32.6. The van der Waals surface area contributed by atoms with Gasteiger partial charge in [-0.05, 0) is 72.4 Å². The minimum atomic E-state index is -0.887. The van der Waals surface area contributed by atoms with E-state index in [1.54, 1.807) is 6.07 Å². The summed E-state index contributed by atoms with van der Waals surface area (Å²) in [4.78, 5) is 11.5. The molecule has 0 aromatic heterocycles. The minimum Gasteiger partial charge on any atom is -0.462 e. The Morgan fingerprint density at radius 3 is 2.14 bits per heavy atom. The van der Waals surface area contributed by atoms with E-state index in [9.17, 15) is 9.18 Å². The van der Waals surface area contributed by atoms with Crippen LogP contribution in [0.2, 0.25) is 0 Å². The van der Waals surface area contributed by atoms with Crippen LogP contribution in [0.4, 0.5) is 4.39 Å². The summed E-state index contributed by atoms with van der Waals surface area (Å²) in [5, 5.41) is 2.85. The summed E-state index contributed by atoms with van der Waals surface area (Å²) in [5.74, 6) is -0.842. The maximum Gasteiger partial charge on any atom is 0.230 e. The molecule has 7 heteroatoms. The molecule has 6 nitrogen and oxygen atoms in total. The summed E-state index contributed by atoms with van der Waals surface area (Å²) in [7, 11) is 0. The minimum absolute atomic E-state index is 0.0995. The lowest BCUT2D eigenvalue weighted by molar-refractivity contribution is -0.265. The van der Waals surface area contributed by atoms with E-state index >= 15 is 0 Å². The SMILES string of the molecule is CC(=O)NCCc1ccc(OC2OC(c3ccccc3)(c3ccccc3)[C@H](C)[C@H]3OC(C)(C)O[C@@H]23)cc1-c1cccc(F)c1. The fraction of sp³-hybridized carbons (Fsp3) is 0.324. The van der Waals surface area contributed by atoms with E-state index in [1.807, 2.05) is 74.5 Å². The Bertz CT molecular complexity index is 1570. The molecule has 4 atom stereocenters. The fourth-order valence-corrected chi connectivity index (χ4v) is 6.57. The summed E-state index contributed by atoms with van der Waals surface area (Å²) in [6.45, 7) is 7.91. The number of fused-ring (bicyclic) bond motifs is 1. The van der Waals surface area contributed by atoms with Gasteiger partial charge in [-0.3, -0.25) is 4.79 Å². The zero-order valence-corrected chi connectivity index (χ0v) is 25.5. The fourth-order valence-electron chi connectivity index (χ4n) is 6.57. The Hall–Kier alpha value is -4.04. The summed E-state index contributed by atoms with van der Waals surface area (Å²) in [5.41, 5.74) is 3.59. The Labute approximate surface area is 258 Å². The lowest BCUT2D eigenvalue weighted by Crippen LogP contribution is -2.59. The van der Waals surface area contributed by atoms with E-state index in [1.165, 1.54) is 19.1 Å². The number of hydrogen-bond donors (Lipinski definition) is 1. The van der Waals surface area contributed by atoms with Gasteiger partial charge in [0.05, 0.1) is 6.10 Å². The molecule has 4 aromatic carbocycles. The van der Waals surface area contributed by atoms with Gasteiger partial charge in [-0.25, -0.2) is 4.39 Å². The molecule has 0 saturated carbocycles. The third-order valence-corrected chi connectivity index (χ3v) is 8.51. The second kappa shape index (κ2) is 12.2. The van der Waals surface area contributed by atoms with Gasteiger partial charge in [0.25, 0.3) is 0 Å². The van der Waals surface area contributed by atoms with Crippen LogP contribution in [0.15, 0.2) is 103 Å². The van der Waals surface area contributed by atoms with Gasteiger partial charge in [0, 0.05) is 19.4 Å². The van der Waals surface area contributed by atoms with Crippen LogP contribution in [0.5, 0.6) is 5.75 Å². The number of rotatable bonds is 8. The highest BCUT2D eigenvalue weighted by Crippen LogP contribution is 2.52. The Morgan fingerprint density at radius 1 is 0.841 bits per heavy atom. The van der Waals surface area contributed by atoms with Crippen LogP contribution in [0.25, 0.3) is 11.1 Å². The first-order valence-electron chi connectivity index (χ1n) is 15.1. The molecule has 0 aliphatic carbocycles. The lowest BCUT2D eigenvalue weighted by Gasteiger charge is -2.50. The third-order valence-electron chi connectivity index (χ3n) is 8.51. The van der Waals surface area contributed by atoms with Crippen LogP contribution < -0.4 is 10.1 Å². The summed E-state index contributed by atoms with van der Waals surface area (Å²) in [6.07, 6.45) is -1.09. The van der Waals surface area contributed by atoms with E-state index in [-0.39, 0.29) is 23.7 Å². The normalized spacial score (nSPS) is 23.5. The molecule has 0 spiro atoms. The molecule has 228 valence electrons. The largest absolute Gasteiger partial charge is 0.462 e. The molecule has 1 amide bonds. The summed E-state index contributed by atoms with van der Waals surface area (Å²) >= 11 is 0. The second-order valence-electron chi connectivity index (χ2n) is 12.0. The Balaban J connectivity index is 1.42. The molecular weight excluding hydrogens is 557 g/mol. The van der Waals surface area contributed by atoms with Gasteiger partial charge in [-0.2, -0.15) is 0 Å². The Kier molecular flexibility index (Phi) is 8.29. The van der Waals surface area contributed by atoms with E-state index in [4.69, 9.17) is 18.9 Å². The number of ether oxygens (including phenoxy) is 4. The average molecular weight is 596 g/mol. The zero-order valence-electron chi connectivity index (χ0n) is 25.5. The van der Waals surface area contributed by atoms with Crippen LogP contribution in [0.3, 0.4) is 0 Å². The van der Waals surface area contributed by atoms with Crippen molar-refractivity contribution in [1.29, 1.82) is 0 Å². The molecule has 2 aliphatic rings. The van der Waals surface area contributed by atoms with Gasteiger partial charge >= 0.3 is 0 Å². The van der Waals surface area contributed by atoms with Gasteiger partial charge in [-0.15, -0.1) is 0 Å². The van der Waals surface area contributed by atoms with E-state index in [0.29, 0.717) is 24.3 Å². The maximum atomic E-state index is 14.3. The molecule has 2 heterocycles. The van der Waals surface area contributed by atoms with Crippen molar-refractivity contribution in [2.45, 2.75) is 64.0 Å². The number of carbonyl (C=O) groups is 1. The van der Waals surface area contributed by atoms with Crippen molar-refractivity contribution >= 4 is 5.91 Å². The van der Waals surface area contributed by atoms with Crippen LogP contribution in [0, 0.1) is 11.7 Å². The van der Waals surface area contributed by atoms with Gasteiger partial charge in [0.2, 0.25) is 12.2 Å². The van der Waals surface area contributed by atoms with Crippen LogP contribution >= 0.6 is 0 Å². The average Bonchev–Trinajstić information content (AvgIpc) is 3.35. The smallest absolute Gasteiger partial charge is 0.230 e. The van der Waals surface area contributed by atoms with E-state index in [0.717, 1.165) is 22.3 Å². The van der Waals surface area contributed by atoms with Gasteiger partial charge in [0.1, 0.15) is 23.3 Å². The molecule has 1 N–H and O–H groups in total. The molecule has 4 aromatic rings. The second-order valence-corrected chi connectivity index (χ2v) is 12.0. The van der Waals surface area contributed by atoms with Crippen molar-refractivity contribution in [3.05, 3.63) is 126 Å². The molecule has 2 saturated heterocycles. The molecule has 2 fully saturated rings. The van der Waals surface area contributed by atoms with Gasteiger partial charge in [0.15, 0.2) is 5.79 Å².